The minimum absolute atomic E-state index is 0.122. The predicted molar refractivity (Wildman–Crippen MR) is 86.2 cm³/mol. The van der Waals surface area contributed by atoms with Gasteiger partial charge in [-0.2, -0.15) is 0 Å². The monoisotopic (exact) mass is 319 g/mol. The van der Waals surface area contributed by atoms with Crippen molar-refractivity contribution < 1.29 is 14.3 Å². The molecule has 1 heterocycles. The molecule has 0 unspecified atom stereocenters. The molecule has 7 heteroatoms. The summed E-state index contributed by atoms with van der Waals surface area (Å²) in [5, 5.41) is 5.75. The Bertz CT molecular complexity index is 628. The molecular weight excluding hydrogens is 302 g/mol. The zero-order valence-corrected chi connectivity index (χ0v) is 13.0. The van der Waals surface area contributed by atoms with Gasteiger partial charge in [0, 0.05) is 18.2 Å². The van der Waals surface area contributed by atoms with E-state index in [4.69, 9.17) is 4.74 Å². The largest absolute Gasteiger partial charge is 0.497 e. The summed E-state index contributed by atoms with van der Waals surface area (Å²) < 4.78 is 5.11. The maximum Gasteiger partial charge on any atom is 0.240 e. The van der Waals surface area contributed by atoms with E-state index in [1.807, 2.05) is 0 Å². The molecule has 6 nitrogen and oxygen atoms in total. The molecule has 116 valence electrons. The van der Waals surface area contributed by atoms with Crippen LogP contribution in [0.1, 0.15) is 19.3 Å². The van der Waals surface area contributed by atoms with Crippen molar-refractivity contribution in [2.45, 2.75) is 30.6 Å². The average molecular weight is 319 g/mol. The molecule has 2 amide bonds. The molecule has 1 aromatic rings. The van der Waals surface area contributed by atoms with Crippen molar-refractivity contribution in [3.63, 3.8) is 0 Å². The van der Waals surface area contributed by atoms with Gasteiger partial charge >= 0.3 is 0 Å². The van der Waals surface area contributed by atoms with Crippen LogP contribution < -0.4 is 15.4 Å². The van der Waals surface area contributed by atoms with Crippen LogP contribution >= 0.6 is 11.8 Å². The van der Waals surface area contributed by atoms with Crippen molar-refractivity contribution in [2.24, 2.45) is 4.99 Å². The molecule has 0 radical (unpaired) electrons. The lowest BCUT2D eigenvalue weighted by Gasteiger charge is -2.08. The Hall–Kier alpha value is -2.02. The molecule has 0 aromatic heterocycles. The molecule has 0 spiro atoms. The second-order valence-corrected chi connectivity index (χ2v) is 6.44. The number of amides is 2. The molecule has 2 aliphatic rings. The van der Waals surface area contributed by atoms with E-state index in [1.54, 1.807) is 31.4 Å². The lowest BCUT2D eigenvalue weighted by atomic mass is 10.2. The van der Waals surface area contributed by atoms with E-state index < -0.39 is 5.25 Å². The van der Waals surface area contributed by atoms with Crippen LogP contribution in [-0.4, -0.2) is 35.4 Å². The van der Waals surface area contributed by atoms with Crippen molar-refractivity contribution in [2.75, 3.05) is 12.4 Å². The number of hydrogen-bond acceptors (Lipinski definition) is 5. The van der Waals surface area contributed by atoms with Gasteiger partial charge in [-0.15, -0.1) is 0 Å². The number of benzene rings is 1. The van der Waals surface area contributed by atoms with E-state index in [0.717, 1.165) is 12.8 Å². The van der Waals surface area contributed by atoms with Crippen LogP contribution in [0.3, 0.4) is 0 Å². The molecule has 1 aromatic carbocycles. The highest BCUT2D eigenvalue weighted by Gasteiger charge is 2.33. The number of carbonyl (C=O) groups is 2. The van der Waals surface area contributed by atoms with Gasteiger partial charge in [0.05, 0.1) is 13.2 Å². The van der Waals surface area contributed by atoms with Crippen molar-refractivity contribution in [3.8, 4) is 5.75 Å². The van der Waals surface area contributed by atoms with E-state index >= 15 is 0 Å². The van der Waals surface area contributed by atoms with Gasteiger partial charge in [0.25, 0.3) is 0 Å². The summed E-state index contributed by atoms with van der Waals surface area (Å²) in [6, 6.07) is 7.47. The molecule has 22 heavy (non-hydrogen) atoms. The SMILES string of the molecule is COc1cccc(NC(=O)C[C@H]2SC(=NC3CC3)NC2=O)c1. The summed E-state index contributed by atoms with van der Waals surface area (Å²) in [5.41, 5.74) is 0.652. The number of nitrogens with zero attached hydrogens (tertiary/aromatic N) is 1. The quantitative estimate of drug-likeness (QED) is 0.867. The number of aliphatic imine (C=N–C) groups is 1. The first kappa shape index (κ1) is 14.9. The number of carbonyl (C=O) groups excluding carboxylic acids is 2. The third kappa shape index (κ3) is 3.79. The van der Waals surface area contributed by atoms with Crippen LogP contribution in [0.2, 0.25) is 0 Å². The number of anilines is 1. The number of methoxy groups -OCH3 is 1. The van der Waals surface area contributed by atoms with E-state index in [1.165, 1.54) is 11.8 Å². The Morgan fingerprint density at radius 2 is 2.32 bits per heavy atom. The van der Waals surface area contributed by atoms with E-state index in [2.05, 4.69) is 15.6 Å². The highest BCUT2D eigenvalue weighted by molar-refractivity contribution is 8.15. The Morgan fingerprint density at radius 3 is 3.05 bits per heavy atom. The van der Waals surface area contributed by atoms with Crippen molar-refractivity contribution >= 4 is 34.4 Å². The van der Waals surface area contributed by atoms with E-state index in [-0.39, 0.29) is 18.2 Å². The Labute approximate surface area is 132 Å². The van der Waals surface area contributed by atoms with Gasteiger partial charge in [-0.25, -0.2) is 0 Å². The lowest BCUT2D eigenvalue weighted by Crippen LogP contribution is -2.28. The van der Waals surface area contributed by atoms with Crippen molar-refractivity contribution in [1.29, 1.82) is 0 Å². The van der Waals surface area contributed by atoms with Crippen LogP contribution in [0, 0.1) is 0 Å². The van der Waals surface area contributed by atoms with Gasteiger partial charge in [0.15, 0.2) is 5.17 Å². The fourth-order valence-electron chi connectivity index (χ4n) is 2.05. The Morgan fingerprint density at radius 1 is 1.50 bits per heavy atom. The molecule has 2 N–H and O–H groups in total. The second kappa shape index (κ2) is 6.39. The fourth-order valence-corrected chi connectivity index (χ4v) is 3.09. The van der Waals surface area contributed by atoms with Gasteiger partial charge in [-0.3, -0.25) is 14.6 Å². The highest BCUT2D eigenvalue weighted by atomic mass is 32.2. The zero-order valence-electron chi connectivity index (χ0n) is 12.2. The Kier molecular flexibility index (Phi) is 4.33. The van der Waals surface area contributed by atoms with Gasteiger partial charge in [-0.1, -0.05) is 17.8 Å². The van der Waals surface area contributed by atoms with Crippen LogP contribution in [-0.2, 0) is 9.59 Å². The number of rotatable bonds is 5. The first-order valence-corrected chi connectivity index (χ1v) is 8.01. The van der Waals surface area contributed by atoms with Crippen LogP contribution in [0.5, 0.6) is 5.75 Å². The smallest absolute Gasteiger partial charge is 0.240 e. The number of hydrogen-bond donors (Lipinski definition) is 2. The van der Waals surface area contributed by atoms with Crippen LogP contribution in [0.25, 0.3) is 0 Å². The minimum Gasteiger partial charge on any atom is -0.497 e. The number of nitrogens with one attached hydrogen (secondary N) is 2. The summed E-state index contributed by atoms with van der Waals surface area (Å²) in [6.45, 7) is 0. The summed E-state index contributed by atoms with van der Waals surface area (Å²) in [5.74, 6) is 0.323. The maximum absolute atomic E-state index is 12.1. The van der Waals surface area contributed by atoms with Gasteiger partial charge < -0.3 is 15.4 Å². The number of amidine groups is 1. The first-order chi connectivity index (χ1) is 10.6. The van der Waals surface area contributed by atoms with Crippen LogP contribution in [0.15, 0.2) is 29.3 Å². The van der Waals surface area contributed by atoms with Gasteiger partial charge in [0.1, 0.15) is 11.0 Å². The Balaban J connectivity index is 1.56. The van der Waals surface area contributed by atoms with Gasteiger partial charge in [-0.05, 0) is 25.0 Å². The lowest BCUT2D eigenvalue weighted by molar-refractivity contribution is -0.122. The topological polar surface area (TPSA) is 79.8 Å². The molecule has 0 bridgehead atoms. The van der Waals surface area contributed by atoms with Gasteiger partial charge in [0.2, 0.25) is 11.8 Å². The second-order valence-electron chi connectivity index (χ2n) is 5.25. The average Bonchev–Trinajstić information content (AvgIpc) is 3.24. The van der Waals surface area contributed by atoms with Crippen LogP contribution in [0.4, 0.5) is 5.69 Å². The number of thioether (sulfide) groups is 1. The normalized spacial score (nSPS) is 22.5. The molecular formula is C15H17N3O3S. The van der Waals surface area contributed by atoms with E-state index in [0.29, 0.717) is 22.6 Å². The maximum atomic E-state index is 12.1. The molecule has 1 saturated carbocycles. The summed E-state index contributed by atoms with van der Waals surface area (Å²) in [6.07, 6.45) is 2.29. The third-order valence-electron chi connectivity index (χ3n) is 3.35. The zero-order chi connectivity index (χ0) is 15.5. The molecule has 2 fully saturated rings. The molecule has 1 aliphatic heterocycles. The molecule has 1 atom stereocenters. The number of ether oxygens (including phenoxy) is 1. The molecule has 1 saturated heterocycles. The summed E-state index contributed by atoms with van der Waals surface area (Å²) in [7, 11) is 1.57. The molecule has 3 rings (SSSR count). The predicted octanol–water partition coefficient (Wildman–Crippen LogP) is 1.77. The fraction of sp³-hybridized carbons (Fsp3) is 0.400. The highest BCUT2D eigenvalue weighted by Crippen LogP contribution is 2.29. The third-order valence-corrected chi connectivity index (χ3v) is 4.44. The minimum atomic E-state index is -0.414. The first-order valence-electron chi connectivity index (χ1n) is 7.13. The van der Waals surface area contributed by atoms with Crippen molar-refractivity contribution in [1.82, 2.24) is 5.32 Å². The summed E-state index contributed by atoms with van der Waals surface area (Å²) in [4.78, 5) is 28.3. The molecule has 1 aliphatic carbocycles. The standard InChI is InChI=1S/C15H17N3O3S/c1-21-11-4-2-3-10(7-11)16-13(19)8-12-14(20)18-15(22-12)17-9-5-6-9/h2-4,7,9,12H,5-6,8H2,1H3,(H,16,19)(H,17,18,20)/t12-/m1/s1. The summed E-state index contributed by atoms with van der Waals surface area (Å²) >= 11 is 1.34. The van der Waals surface area contributed by atoms with Crippen molar-refractivity contribution in [3.05, 3.63) is 24.3 Å². The van der Waals surface area contributed by atoms with E-state index in [9.17, 15) is 9.59 Å².